The summed E-state index contributed by atoms with van der Waals surface area (Å²) in [5, 5.41) is 2.92. The molecular formula is C29H29ClFN5O. The molecule has 2 unspecified atom stereocenters. The zero-order chi connectivity index (χ0) is 25.1. The molecule has 190 valence electrons. The van der Waals surface area contributed by atoms with Crippen LogP contribution in [0.4, 0.5) is 10.2 Å². The Balaban J connectivity index is 1.39. The molecule has 37 heavy (non-hydrogen) atoms. The molecule has 0 N–H and O–H groups in total. The van der Waals surface area contributed by atoms with E-state index in [1.54, 1.807) is 6.20 Å². The number of nitrogens with zero attached hydrogens (tertiary/aromatic N) is 5. The van der Waals surface area contributed by atoms with Gasteiger partial charge in [-0.2, -0.15) is 9.97 Å². The van der Waals surface area contributed by atoms with E-state index in [4.69, 9.17) is 21.3 Å². The Kier molecular flexibility index (Phi) is 5.66. The number of benzene rings is 2. The van der Waals surface area contributed by atoms with Crippen LogP contribution in [-0.4, -0.2) is 59.2 Å². The van der Waals surface area contributed by atoms with Crippen LogP contribution in [-0.2, 0) is 0 Å². The number of fused-ring (bicyclic) bond motifs is 4. The molecule has 0 spiro atoms. The average Bonchev–Trinajstić information content (AvgIpc) is 3.47. The van der Waals surface area contributed by atoms with E-state index in [2.05, 4.69) is 26.8 Å². The van der Waals surface area contributed by atoms with Gasteiger partial charge in [-0.15, -0.1) is 0 Å². The van der Waals surface area contributed by atoms with Crippen LogP contribution in [0.2, 0.25) is 5.02 Å². The van der Waals surface area contributed by atoms with E-state index in [1.807, 2.05) is 36.4 Å². The Morgan fingerprint density at radius 1 is 1.00 bits per heavy atom. The molecule has 2 aliphatic heterocycles. The molecule has 0 amide bonds. The number of hydrogen-bond donors (Lipinski definition) is 0. The van der Waals surface area contributed by atoms with Crippen LogP contribution in [0.3, 0.4) is 0 Å². The highest BCUT2D eigenvalue weighted by molar-refractivity contribution is 6.36. The minimum absolute atomic E-state index is 0.00548. The summed E-state index contributed by atoms with van der Waals surface area (Å²) in [7, 11) is 2.08. The number of likely N-dealkylation sites (tertiary alicyclic amines) is 1. The number of pyridine rings is 1. The molecule has 8 heteroatoms. The van der Waals surface area contributed by atoms with Crippen molar-refractivity contribution in [2.45, 2.75) is 31.8 Å². The molecule has 2 aromatic carbocycles. The highest BCUT2D eigenvalue weighted by atomic mass is 35.5. The minimum Gasteiger partial charge on any atom is -0.459 e. The molecule has 6 nitrogen and oxygen atoms in total. The Morgan fingerprint density at radius 3 is 2.54 bits per heavy atom. The van der Waals surface area contributed by atoms with E-state index in [9.17, 15) is 0 Å². The van der Waals surface area contributed by atoms with Crippen molar-refractivity contribution in [3.63, 3.8) is 0 Å². The summed E-state index contributed by atoms with van der Waals surface area (Å²) in [6, 6.07) is 11.7. The van der Waals surface area contributed by atoms with Crippen molar-refractivity contribution in [3.8, 4) is 17.3 Å². The zero-order valence-corrected chi connectivity index (χ0v) is 21.6. The normalized spacial score (nSPS) is 23.9. The molecule has 7 rings (SSSR count). The van der Waals surface area contributed by atoms with Crippen molar-refractivity contribution < 1.29 is 9.13 Å². The second-order valence-electron chi connectivity index (χ2n) is 10.9. The van der Waals surface area contributed by atoms with Crippen molar-refractivity contribution in [3.05, 3.63) is 53.4 Å². The number of aromatic nitrogens is 3. The van der Waals surface area contributed by atoms with Gasteiger partial charge in [0.15, 0.2) is 5.82 Å². The summed E-state index contributed by atoms with van der Waals surface area (Å²) in [5.41, 5.74) is 1.14. The van der Waals surface area contributed by atoms with Gasteiger partial charge in [0.2, 0.25) is 0 Å². The van der Waals surface area contributed by atoms with Crippen LogP contribution >= 0.6 is 11.6 Å². The van der Waals surface area contributed by atoms with Gasteiger partial charge < -0.3 is 14.5 Å². The summed E-state index contributed by atoms with van der Waals surface area (Å²) < 4.78 is 22.7. The lowest BCUT2D eigenvalue weighted by molar-refractivity contribution is 0.192. The number of ether oxygens (including phenoxy) is 1. The highest BCUT2D eigenvalue weighted by Crippen LogP contribution is 2.41. The first-order valence-electron chi connectivity index (χ1n) is 13.2. The summed E-state index contributed by atoms with van der Waals surface area (Å²) >= 11 is 6.57. The predicted octanol–water partition coefficient (Wildman–Crippen LogP) is 5.96. The molecule has 3 fully saturated rings. The third-order valence-electron chi connectivity index (χ3n) is 8.28. The first-order chi connectivity index (χ1) is 18.0. The third-order valence-corrected chi connectivity index (χ3v) is 8.59. The Labute approximate surface area is 220 Å². The number of halogens is 2. The van der Waals surface area contributed by atoms with Crippen molar-refractivity contribution in [2.24, 2.45) is 11.8 Å². The molecule has 3 aliphatic rings. The molecule has 2 saturated heterocycles. The van der Waals surface area contributed by atoms with Crippen molar-refractivity contribution in [1.82, 2.24) is 19.9 Å². The standard InChI is InChI=1S/C29H29ClFN5O/c1-35-11-10-20(16-35)37-29-33-27-22(28(34-29)36-14-17-8-9-18(12-17)15-36)13-32-26(25(27)31)21-6-2-4-19-5-3-7-23(30)24(19)21/h2-7,13,17-18,20H,8-12,14-16H2,1H3/t17?,18?,20-/m1/s1. The lowest BCUT2D eigenvalue weighted by Gasteiger charge is -2.33. The van der Waals surface area contributed by atoms with Gasteiger partial charge in [0.25, 0.3) is 0 Å². The van der Waals surface area contributed by atoms with Gasteiger partial charge in [-0.1, -0.05) is 41.9 Å². The number of rotatable bonds is 4. The van der Waals surface area contributed by atoms with Gasteiger partial charge in [0.1, 0.15) is 23.1 Å². The van der Waals surface area contributed by atoms with E-state index >= 15 is 4.39 Å². The van der Waals surface area contributed by atoms with Gasteiger partial charge in [-0.3, -0.25) is 4.98 Å². The molecule has 2 bridgehead atoms. The average molecular weight is 518 g/mol. The van der Waals surface area contributed by atoms with Gasteiger partial charge in [0.05, 0.1) is 5.39 Å². The first-order valence-corrected chi connectivity index (χ1v) is 13.6. The maximum atomic E-state index is 16.4. The first kappa shape index (κ1) is 23.1. The predicted molar refractivity (Wildman–Crippen MR) is 145 cm³/mol. The van der Waals surface area contributed by atoms with Crippen LogP contribution in [0.1, 0.15) is 25.7 Å². The Bertz CT molecular complexity index is 1500. The molecule has 3 atom stereocenters. The monoisotopic (exact) mass is 517 g/mol. The number of anilines is 1. The second-order valence-corrected chi connectivity index (χ2v) is 11.3. The minimum atomic E-state index is -0.470. The molecule has 1 aliphatic carbocycles. The zero-order valence-electron chi connectivity index (χ0n) is 20.8. The third kappa shape index (κ3) is 4.09. The van der Waals surface area contributed by atoms with Crippen LogP contribution in [0, 0.1) is 17.7 Å². The smallest absolute Gasteiger partial charge is 0.319 e. The van der Waals surface area contributed by atoms with Gasteiger partial charge >= 0.3 is 6.01 Å². The van der Waals surface area contributed by atoms with Crippen LogP contribution in [0.5, 0.6) is 6.01 Å². The SMILES string of the molecule is CN1CC[C@@H](Oc2nc(N3CC4CCC(C4)C3)c3cnc(-c4cccc5cccc(Cl)c45)c(F)c3n2)C1. The van der Waals surface area contributed by atoms with E-state index in [0.29, 0.717) is 27.8 Å². The Hall–Kier alpha value is -3.03. The summed E-state index contributed by atoms with van der Waals surface area (Å²) in [5.74, 6) is 1.58. The fourth-order valence-electron chi connectivity index (χ4n) is 6.52. The number of hydrogen-bond acceptors (Lipinski definition) is 6. The molecule has 1 saturated carbocycles. The molecule has 2 aromatic heterocycles. The van der Waals surface area contributed by atoms with E-state index in [1.165, 1.54) is 19.3 Å². The van der Waals surface area contributed by atoms with E-state index in [-0.39, 0.29) is 23.3 Å². The molecule has 0 radical (unpaired) electrons. The van der Waals surface area contributed by atoms with Crippen molar-refractivity contribution in [2.75, 3.05) is 38.1 Å². The number of likely N-dealkylation sites (N-methyl/N-ethyl adjacent to an activating group) is 1. The van der Waals surface area contributed by atoms with Gasteiger partial charge in [-0.05, 0) is 56.0 Å². The summed E-state index contributed by atoms with van der Waals surface area (Å²) in [4.78, 5) is 18.7. The van der Waals surface area contributed by atoms with E-state index < -0.39 is 5.82 Å². The second kappa shape index (κ2) is 9.07. The topological polar surface area (TPSA) is 54.4 Å². The Morgan fingerprint density at radius 2 is 1.78 bits per heavy atom. The van der Waals surface area contributed by atoms with Crippen molar-refractivity contribution in [1.29, 1.82) is 0 Å². The van der Waals surface area contributed by atoms with E-state index in [0.717, 1.165) is 49.2 Å². The largest absolute Gasteiger partial charge is 0.459 e. The number of piperidine rings is 1. The maximum absolute atomic E-state index is 16.4. The van der Waals surface area contributed by atoms with Crippen LogP contribution in [0.25, 0.3) is 32.9 Å². The van der Waals surface area contributed by atoms with Gasteiger partial charge in [-0.25, -0.2) is 4.39 Å². The van der Waals surface area contributed by atoms with Crippen molar-refractivity contribution >= 4 is 39.1 Å². The maximum Gasteiger partial charge on any atom is 0.319 e. The molecule has 4 aromatic rings. The molecular weight excluding hydrogens is 489 g/mol. The molecule has 4 heterocycles. The quantitative estimate of drug-likeness (QED) is 0.333. The lowest BCUT2D eigenvalue weighted by Crippen LogP contribution is -2.37. The highest BCUT2D eigenvalue weighted by Gasteiger charge is 2.35. The summed E-state index contributed by atoms with van der Waals surface area (Å²) in [6.45, 7) is 3.63. The fraction of sp³-hybridized carbons (Fsp3) is 0.414. The van der Waals surface area contributed by atoms with Gasteiger partial charge in [0, 0.05) is 48.3 Å². The van der Waals surface area contributed by atoms with Crippen LogP contribution in [0.15, 0.2) is 42.6 Å². The fourth-order valence-corrected chi connectivity index (χ4v) is 6.80. The lowest BCUT2D eigenvalue weighted by atomic mass is 9.98. The van der Waals surface area contributed by atoms with Crippen LogP contribution < -0.4 is 9.64 Å². The summed E-state index contributed by atoms with van der Waals surface area (Å²) in [6.07, 6.45) is 6.40.